The molecule has 1 aromatic heterocycles. The molecule has 4 aromatic rings. The Hall–Kier alpha value is -3.71. The fraction of sp³-hybridized carbons (Fsp3) is 0.207. The van der Waals surface area contributed by atoms with Crippen molar-refractivity contribution >= 4 is 38.5 Å². The van der Waals surface area contributed by atoms with Gasteiger partial charge in [0.2, 0.25) is 0 Å². The lowest BCUT2D eigenvalue weighted by Crippen LogP contribution is -2.29. The van der Waals surface area contributed by atoms with E-state index in [4.69, 9.17) is 14.5 Å². The average molecular weight is 543 g/mol. The van der Waals surface area contributed by atoms with Crippen molar-refractivity contribution in [2.75, 3.05) is 7.11 Å². The van der Waals surface area contributed by atoms with Crippen molar-refractivity contribution in [2.45, 2.75) is 32.4 Å². The highest BCUT2D eigenvalue weighted by Crippen LogP contribution is 2.48. The van der Waals surface area contributed by atoms with Gasteiger partial charge in [-0.1, -0.05) is 40.2 Å². The Bertz CT molecular complexity index is 1560. The van der Waals surface area contributed by atoms with Crippen LogP contribution in [0.4, 0.5) is 0 Å². The molecule has 0 aliphatic carbocycles. The van der Waals surface area contributed by atoms with Gasteiger partial charge in [0.25, 0.3) is 11.8 Å². The van der Waals surface area contributed by atoms with E-state index in [-0.39, 0.29) is 24.0 Å². The number of aromatic nitrogens is 1. The van der Waals surface area contributed by atoms with Gasteiger partial charge in [0, 0.05) is 27.4 Å². The number of carbonyl (C=O) groups excluding carboxylic acids is 2. The first-order valence-corrected chi connectivity index (χ1v) is 12.5. The number of hydrogen-bond donors (Lipinski definition) is 0. The minimum absolute atomic E-state index is 0.0741. The lowest BCUT2D eigenvalue weighted by atomic mass is 9.93. The fourth-order valence-corrected chi connectivity index (χ4v) is 5.56. The standard InChI is InChI=1S/C29H23BrN2O4/c1-29(2)14-22-24-17(13-23(35-3)26(22)36-29)12-19(31-25(24)16-7-6-8-18(30)11-16)15-32-27(33)20-9-4-5-10-21(20)28(32)34/h4-13H,14-15H2,1-3H3. The van der Waals surface area contributed by atoms with Crippen LogP contribution in [-0.2, 0) is 13.0 Å². The molecule has 0 fully saturated rings. The number of carbonyl (C=O) groups is 2. The van der Waals surface area contributed by atoms with Crippen LogP contribution in [0.2, 0.25) is 0 Å². The van der Waals surface area contributed by atoms with Crippen molar-refractivity contribution in [2.24, 2.45) is 0 Å². The maximum absolute atomic E-state index is 13.0. The van der Waals surface area contributed by atoms with E-state index in [2.05, 4.69) is 29.8 Å². The third kappa shape index (κ3) is 3.57. The second kappa shape index (κ2) is 8.17. The van der Waals surface area contributed by atoms with Gasteiger partial charge in [-0.25, -0.2) is 0 Å². The molecule has 36 heavy (non-hydrogen) atoms. The van der Waals surface area contributed by atoms with Gasteiger partial charge in [0.15, 0.2) is 11.5 Å². The number of methoxy groups -OCH3 is 1. The molecule has 7 heteroatoms. The lowest BCUT2D eigenvalue weighted by molar-refractivity contribution is 0.0640. The van der Waals surface area contributed by atoms with Crippen molar-refractivity contribution < 1.29 is 19.1 Å². The molecule has 3 heterocycles. The van der Waals surface area contributed by atoms with Crippen molar-refractivity contribution in [1.29, 1.82) is 0 Å². The van der Waals surface area contributed by atoms with E-state index in [1.54, 1.807) is 31.4 Å². The van der Waals surface area contributed by atoms with Crippen LogP contribution < -0.4 is 9.47 Å². The van der Waals surface area contributed by atoms with E-state index < -0.39 is 0 Å². The quantitative estimate of drug-likeness (QED) is 0.288. The largest absolute Gasteiger partial charge is 0.493 e. The first-order valence-electron chi connectivity index (χ1n) is 11.7. The van der Waals surface area contributed by atoms with Crippen molar-refractivity contribution in [1.82, 2.24) is 9.88 Å². The second-order valence-electron chi connectivity index (χ2n) is 9.74. The van der Waals surface area contributed by atoms with Gasteiger partial charge in [0.05, 0.1) is 36.2 Å². The summed E-state index contributed by atoms with van der Waals surface area (Å²) in [6.45, 7) is 4.19. The Morgan fingerprint density at radius 1 is 1.03 bits per heavy atom. The van der Waals surface area contributed by atoms with Gasteiger partial charge >= 0.3 is 0 Å². The minimum atomic E-state index is -0.378. The third-order valence-electron chi connectivity index (χ3n) is 6.69. The van der Waals surface area contributed by atoms with Gasteiger partial charge in [-0.15, -0.1) is 0 Å². The molecule has 2 aliphatic rings. The maximum atomic E-state index is 13.0. The van der Waals surface area contributed by atoms with Gasteiger partial charge in [-0.2, -0.15) is 0 Å². The number of benzene rings is 3. The van der Waals surface area contributed by atoms with E-state index in [0.717, 1.165) is 37.8 Å². The average Bonchev–Trinajstić information content (AvgIpc) is 3.31. The molecular formula is C29H23BrN2O4. The highest BCUT2D eigenvalue weighted by molar-refractivity contribution is 9.10. The summed E-state index contributed by atoms with van der Waals surface area (Å²) in [5.41, 5.74) is 3.84. The van der Waals surface area contributed by atoms with Gasteiger partial charge in [-0.3, -0.25) is 19.5 Å². The van der Waals surface area contributed by atoms with Gasteiger partial charge in [-0.05, 0) is 55.6 Å². The normalized spacial score (nSPS) is 15.7. The third-order valence-corrected chi connectivity index (χ3v) is 7.18. The molecule has 6 rings (SSSR count). The monoisotopic (exact) mass is 542 g/mol. The van der Waals surface area contributed by atoms with Crippen molar-refractivity contribution in [3.63, 3.8) is 0 Å². The van der Waals surface area contributed by atoms with E-state index in [1.165, 1.54) is 4.90 Å². The summed E-state index contributed by atoms with van der Waals surface area (Å²) in [6.07, 6.45) is 0.705. The highest BCUT2D eigenvalue weighted by atomic mass is 79.9. The number of ether oxygens (including phenoxy) is 2. The van der Waals surface area contributed by atoms with Crippen LogP contribution in [0.15, 0.2) is 65.1 Å². The summed E-state index contributed by atoms with van der Waals surface area (Å²) < 4.78 is 12.9. The Balaban J connectivity index is 1.55. The summed E-state index contributed by atoms with van der Waals surface area (Å²) >= 11 is 3.58. The number of nitrogens with zero attached hydrogens (tertiary/aromatic N) is 2. The number of hydrogen-bond acceptors (Lipinski definition) is 5. The Morgan fingerprint density at radius 3 is 2.42 bits per heavy atom. The van der Waals surface area contributed by atoms with Crippen LogP contribution in [0, 0.1) is 0 Å². The number of pyridine rings is 1. The Labute approximate surface area is 217 Å². The molecule has 3 aromatic carbocycles. The zero-order valence-corrected chi connectivity index (χ0v) is 21.7. The number of amides is 2. The molecule has 2 amide bonds. The maximum Gasteiger partial charge on any atom is 0.261 e. The Kier molecular flexibility index (Phi) is 5.16. The molecule has 180 valence electrons. The SMILES string of the molecule is COc1cc2cc(CN3C(=O)c4ccccc4C3=O)nc(-c3cccc(Br)c3)c2c2c1OC(C)(C)C2. The summed E-state index contributed by atoms with van der Waals surface area (Å²) in [4.78, 5) is 32.4. The van der Waals surface area contributed by atoms with Crippen LogP contribution in [0.5, 0.6) is 11.5 Å². The second-order valence-corrected chi connectivity index (χ2v) is 10.7. The molecule has 0 N–H and O–H groups in total. The predicted molar refractivity (Wildman–Crippen MR) is 140 cm³/mol. The van der Waals surface area contributed by atoms with E-state index in [0.29, 0.717) is 29.0 Å². The highest BCUT2D eigenvalue weighted by Gasteiger charge is 2.37. The summed E-state index contributed by atoms with van der Waals surface area (Å²) in [5, 5.41) is 1.91. The molecule has 0 bridgehead atoms. The molecule has 0 spiro atoms. The van der Waals surface area contributed by atoms with E-state index in [1.807, 2.05) is 36.4 Å². The summed E-state index contributed by atoms with van der Waals surface area (Å²) in [5.74, 6) is 0.786. The summed E-state index contributed by atoms with van der Waals surface area (Å²) in [6, 6.07) is 18.8. The lowest BCUT2D eigenvalue weighted by Gasteiger charge is -2.18. The number of halogens is 1. The van der Waals surface area contributed by atoms with E-state index in [9.17, 15) is 9.59 Å². The van der Waals surface area contributed by atoms with Crippen LogP contribution in [-0.4, -0.2) is 34.4 Å². The zero-order valence-electron chi connectivity index (χ0n) is 20.1. The van der Waals surface area contributed by atoms with Crippen LogP contribution in [0.25, 0.3) is 22.0 Å². The van der Waals surface area contributed by atoms with E-state index >= 15 is 0 Å². The van der Waals surface area contributed by atoms with Crippen molar-refractivity contribution in [3.05, 3.63) is 87.5 Å². The number of fused-ring (bicyclic) bond motifs is 4. The fourth-order valence-electron chi connectivity index (χ4n) is 5.16. The molecule has 0 atom stereocenters. The molecule has 0 radical (unpaired) electrons. The first kappa shape index (κ1) is 22.7. The van der Waals surface area contributed by atoms with Gasteiger partial charge in [0.1, 0.15) is 5.60 Å². The van der Waals surface area contributed by atoms with Crippen molar-refractivity contribution in [3.8, 4) is 22.8 Å². The molecule has 0 saturated carbocycles. The number of imide groups is 1. The zero-order chi connectivity index (χ0) is 25.2. The molecule has 0 saturated heterocycles. The molecule has 2 aliphatic heterocycles. The van der Waals surface area contributed by atoms with Crippen LogP contribution in [0.3, 0.4) is 0 Å². The first-order chi connectivity index (χ1) is 17.3. The Morgan fingerprint density at radius 2 is 1.75 bits per heavy atom. The smallest absolute Gasteiger partial charge is 0.261 e. The molecule has 6 nitrogen and oxygen atoms in total. The molecular weight excluding hydrogens is 520 g/mol. The molecule has 0 unspecified atom stereocenters. The van der Waals surface area contributed by atoms with Crippen LogP contribution >= 0.6 is 15.9 Å². The minimum Gasteiger partial charge on any atom is -0.493 e. The van der Waals surface area contributed by atoms with Gasteiger partial charge < -0.3 is 9.47 Å². The topological polar surface area (TPSA) is 68.7 Å². The number of rotatable bonds is 4. The predicted octanol–water partition coefficient (Wildman–Crippen LogP) is 6.18. The van der Waals surface area contributed by atoms with Crippen LogP contribution in [0.1, 0.15) is 45.8 Å². The summed E-state index contributed by atoms with van der Waals surface area (Å²) in [7, 11) is 1.63.